The molecule has 0 radical (unpaired) electrons. The van der Waals surface area contributed by atoms with E-state index >= 15 is 0 Å². The minimum atomic E-state index is -0.122. The monoisotopic (exact) mass is 274 g/mol. The van der Waals surface area contributed by atoms with Gasteiger partial charge in [-0.2, -0.15) is 0 Å². The zero-order valence-corrected chi connectivity index (χ0v) is 11.9. The van der Waals surface area contributed by atoms with Gasteiger partial charge in [-0.15, -0.1) is 5.10 Å². The maximum Gasteiger partial charge on any atom is 0.291 e. The number of hydrogen-bond acceptors (Lipinski definition) is 3. The van der Waals surface area contributed by atoms with E-state index < -0.39 is 0 Å². The number of aromatic amines is 1. The van der Waals surface area contributed by atoms with Gasteiger partial charge >= 0.3 is 0 Å². The van der Waals surface area contributed by atoms with E-state index in [4.69, 9.17) is 0 Å². The zero-order chi connectivity index (χ0) is 13.7. The van der Waals surface area contributed by atoms with E-state index in [0.29, 0.717) is 17.7 Å². The van der Waals surface area contributed by atoms with E-state index in [1.807, 2.05) is 0 Å². The third-order valence-electron chi connectivity index (χ3n) is 5.46. The summed E-state index contributed by atoms with van der Waals surface area (Å²) in [4.78, 5) is 16.5. The molecular weight excluding hydrogens is 252 g/mol. The van der Waals surface area contributed by atoms with Crippen molar-refractivity contribution in [2.45, 2.75) is 57.4 Å². The summed E-state index contributed by atoms with van der Waals surface area (Å²) < 4.78 is 0. The Bertz CT molecular complexity index is 522. The van der Waals surface area contributed by atoms with Crippen molar-refractivity contribution < 1.29 is 4.79 Å². The second-order valence-corrected chi connectivity index (χ2v) is 6.92. The van der Waals surface area contributed by atoms with Gasteiger partial charge in [0, 0.05) is 12.0 Å². The molecule has 1 heterocycles. The third kappa shape index (κ3) is 2.13. The molecule has 2 bridgehead atoms. The molecule has 3 saturated carbocycles. The Morgan fingerprint density at radius 3 is 2.80 bits per heavy atom. The van der Waals surface area contributed by atoms with E-state index in [-0.39, 0.29) is 11.9 Å². The van der Waals surface area contributed by atoms with Crippen LogP contribution in [0.25, 0.3) is 0 Å². The van der Waals surface area contributed by atoms with Gasteiger partial charge in [0.1, 0.15) is 5.82 Å². The van der Waals surface area contributed by atoms with Crippen LogP contribution in [0.3, 0.4) is 0 Å². The largest absolute Gasteiger partial charge is 0.347 e. The number of rotatable bonds is 4. The van der Waals surface area contributed by atoms with E-state index in [9.17, 15) is 4.79 Å². The van der Waals surface area contributed by atoms with Crippen LogP contribution in [0.1, 0.15) is 67.8 Å². The average Bonchev–Trinajstić information content (AvgIpc) is 2.92. The summed E-state index contributed by atoms with van der Waals surface area (Å²) in [7, 11) is 0. The molecule has 1 aromatic heterocycles. The third-order valence-corrected chi connectivity index (χ3v) is 5.46. The van der Waals surface area contributed by atoms with Crippen LogP contribution in [0.15, 0.2) is 0 Å². The quantitative estimate of drug-likeness (QED) is 0.884. The molecule has 0 aromatic carbocycles. The fourth-order valence-corrected chi connectivity index (χ4v) is 4.20. The van der Waals surface area contributed by atoms with Crippen molar-refractivity contribution in [2.75, 3.05) is 0 Å². The topological polar surface area (TPSA) is 70.7 Å². The lowest BCUT2D eigenvalue weighted by Gasteiger charge is -2.28. The van der Waals surface area contributed by atoms with Gasteiger partial charge < -0.3 is 5.32 Å². The van der Waals surface area contributed by atoms with Crippen LogP contribution in [0.4, 0.5) is 0 Å². The van der Waals surface area contributed by atoms with Crippen LogP contribution in [-0.4, -0.2) is 27.1 Å². The molecule has 108 valence electrons. The molecule has 0 spiro atoms. The van der Waals surface area contributed by atoms with Gasteiger partial charge in [0.25, 0.3) is 5.91 Å². The summed E-state index contributed by atoms with van der Waals surface area (Å²) in [5.41, 5.74) is 0. The first-order valence-corrected chi connectivity index (χ1v) is 7.94. The van der Waals surface area contributed by atoms with Gasteiger partial charge in [-0.1, -0.05) is 6.42 Å². The number of amides is 1. The Hall–Kier alpha value is -1.39. The lowest BCUT2D eigenvalue weighted by molar-refractivity contribution is 0.0905. The van der Waals surface area contributed by atoms with Crippen LogP contribution in [-0.2, 0) is 0 Å². The van der Waals surface area contributed by atoms with E-state index in [1.54, 1.807) is 0 Å². The first-order valence-electron chi connectivity index (χ1n) is 7.94. The van der Waals surface area contributed by atoms with Crippen molar-refractivity contribution >= 4 is 5.91 Å². The van der Waals surface area contributed by atoms with E-state index in [2.05, 4.69) is 27.4 Å². The number of nitrogens with zero attached hydrogens (tertiary/aromatic N) is 2. The highest BCUT2D eigenvalue weighted by Crippen LogP contribution is 2.49. The molecule has 1 aromatic rings. The van der Waals surface area contributed by atoms with Crippen LogP contribution in [0, 0.1) is 17.8 Å². The van der Waals surface area contributed by atoms with Crippen LogP contribution in [0.2, 0.25) is 0 Å². The highest BCUT2D eigenvalue weighted by Gasteiger charge is 2.42. The first-order chi connectivity index (χ1) is 9.70. The Morgan fingerprint density at radius 2 is 2.15 bits per heavy atom. The molecule has 3 aliphatic carbocycles. The maximum absolute atomic E-state index is 12.2. The number of carbonyl (C=O) groups is 1. The number of H-pyrrole nitrogens is 1. The van der Waals surface area contributed by atoms with Crippen LogP contribution >= 0.6 is 0 Å². The molecule has 0 aliphatic heterocycles. The lowest BCUT2D eigenvalue weighted by atomic mass is 9.84. The first kappa shape index (κ1) is 12.4. The molecule has 4 rings (SSSR count). The molecule has 4 atom stereocenters. The highest BCUT2D eigenvalue weighted by molar-refractivity contribution is 5.90. The maximum atomic E-state index is 12.2. The number of aromatic nitrogens is 3. The molecule has 2 N–H and O–H groups in total. The van der Waals surface area contributed by atoms with Crippen LogP contribution < -0.4 is 5.32 Å². The molecule has 0 saturated heterocycles. The zero-order valence-electron chi connectivity index (χ0n) is 11.9. The predicted octanol–water partition coefficient (Wildman–Crippen LogP) is 2.24. The van der Waals surface area contributed by atoms with Gasteiger partial charge in [-0.25, -0.2) is 4.98 Å². The van der Waals surface area contributed by atoms with Gasteiger partial charge in [0.05, 0.1) is 0 Å². The SMILES string of the molecule is CC(NC(=O)c1n[nH]c(C2CC2)n1)C1CC2CCC1C2. The summed E-state index contributed by atoms with van der Waals surface area (Å²) in [5.74, 6) is 3.96. The minimum Gasteiger partial charge on any atom is -0.347 e. The van der Waals surface area contributed by atoms with Gasteiger partial charge in [-0.05, 0) is 56.8 Å². The molecule has 20 heavy (non-hydrogen) atoms. The Balaban J connectivity index is 1.38. The molecule has 3 fully saturated rings. The number of nitrogens with one attached hydrogen (secondary N) is 2. The fraction of sp³-hybridized carbons (Fsp3) is 0.800. The molecule has 1 amide bonds. The number of carbonyl (C=O) groups excluding carboxylic acids is 1. The Morgan fingerprint density at radius 1 is 1.30 bits per heavy atom. The number of fused-ring (bicyclic) bond motifs is 2. The van der Waals surface area contributed by atoms with E-state index in [0.717, 1.165) is 30.5 Å². The summed E-state index contributed by atoms with van der Waals surface area (Å²) in [5, 5.41) is 10.1. The molecule has 4 unspecified atom stereocenters. The van der Waals surface area contributed by atoms with Crippen LogP contribution in [0.5, 0.6) is 0 Å². The average molecular weight is 274 g/mol. The second kappa shape index (κ2) is 4.57. The van der Waals surface area contributed by atoms with E-state index in [1.165, 1.54) is 25.7 Å². The van der Waals surface area contributed by atoms with Gasteiger partial charge in [-0.3, -0.25) is 9.89 Å². The fourth-order valence-electron chi connectivity index (χ4n) is 4.20. The normalized spacial score (nSPS) is 33.4. The standard InChI is InChI=1S/C15H22N4O/c1-8(12-7-9-2-3-11(12)6-9)16-15(20)14-17-13(18-19-14)10-4-5-10/h8-12H,2-7H2,1H3,(H,16,20)(H,17,18,19). The smallest absolute Gasteiger partial charge is 0.291 e. The lowest BCUT2D eigenvalue weighted by Crippen LogP contribution is -2.40. The second-order valence-electron chi connectivity index (χ2n) is 6.92. The minimum absolute atomic E-state index is 0.122. The van der Waals surface area contributed by atoms with Crippen molar-refractivity contribution in [1.29, 1.82) is 0 Å². The van der Waals surface area contributed by atoms with Crippen molar-refractivity contribution in [3.05, 3.63) is 11.6 Å². The molecular formula is C15H22N4O. The van der Waals surface area contributed by atoms with Gasteiger partial charge in [0.15, 0.2) is 0 Å². The molecule has 3 aliphatic rings. The summed E-state index contributed by atoms with van der Waals surface area (Å²) in [6, 6.07) is 0.237. The summed E-state index contributed by atoms with van der Waals surface area (Å²) in [6.07, 6.45) is 7.73. The number of hydrogen-bond donors (Lipinski definition) is 2. The Labute approximate surface area is 118 Å². The summed E-state index contributed by atoms with van der Waals surface area (Å²) >= 11 is 0. The predicted molar refractivity (Wildman–Crippen MR) is 74.2 cm³/mol. The van der Waals surface area contributed by atoms with Crippen molar-refractivity contribution in [3.63, 3.8) is 0 Å². The van der Waals surface area contributed by atoms with Crippen molar-refractivity contribution in [3.8, 4) is 0 Å². The summed E-state index contributed by atoms with van der Waals surface area (Å²) in [6.45, 7) is 2.14. The highest BCUT2D eigenvalue weighted by atomic mass is 16.2. The molecule has 5 heteroatoms. The van der Waals surface area contributed by atoms with Crippen molar-refractivity contribution in [1.82, 2.24) is 20.5 Å². The van der Waals surface area contributed by atoms with Crippen molar-refractivity contribution in [2.24, 2.45) is 17.8 Å². The molecule has 5 nitrogen and oxygen atoms in total. The Kier molecular flexibility index (Phi) is 2.82. The van der Waals surface area contributed by atoms with Gasteiger partial charge in [0.2, 0.25) is 5.82 Å².